The van der Waals surface area contributed by atoms with Gasteiger partial charge in [-0.15, -0.1) is 0 Å². The highest BCUT2D eigenvalue weighted by molar-refractivity contribution is 6.27. The molecule has 0 aromatic carbocycles. The van der Waals surface area contributed by atoms with Crippen molar-refractivity contribution in [2.45, 2.75) is 13.8 Å². The normalized spacial score (nSPS) is 20.8. The van der Waals surface area contributed by atoms with Gasteiger partial charge in [0.25, 0.3) is 0 Å². The summed E-state index contributed by atoms with van der Waals surface area (Å²) >= 11 is 0. The fourth-order valence-corrected chi connectivity index (χ4v) is 2.53. The number of ketones is 1. The van der Waals surface area contributed by atoms with Crippen LogP contribution >= 0.6 is 0 Å². The van der Waals surface area contributed by atoms with Crippen molar-refractivity contribution in [3.8, 4) is 0 Å². The largest absolute Gasteiger partial charge is 0.465 e. The molecule has 0 amide bonds. The van der Waals surface area contributed by atoms with Crippen LogP contribution in [0.2, 0.25) is 0 Å². The van der Waals surface area contributed by atoms with E-state index < -0.39 is 17.7 Å². The molecule has 1 fully saturated rings. The molecule has 0 spiro atoms. The Morgan fingerprint density at radius 3 is 3.08 bits per heavy atom. The van der Waals surface area contributed by atoms with E-state index in [0.29, 0.717) is 12.2 Å². The Labute approximate surface area is 138 Å². The number of aliphatic imine (C=N–C) groups is 1. The van der Waals surface area contributed by atoms with Gasteiger partial charge in [-0.1, -0.05) is 0 Å². The quantitative estimate of drug-likeness (QED) is 0.527. The minimum Gasteiger partial charge on any atom is -0.465 e. The maximum atomic E-state index is 12.6. The van der Waals surface area contributed by atoms with Gasteiger partial charge in [0.05, 0.1) is 6.61 Å². The second-order valence-corrected chi connectivity index (χ2v) is 5.12. The molecule has 0 radical (unpaired) electrons. The van der Waals surface area contributed by atoms with Crippen molar-refractivity contribution in [3.63, 3.8) is 0 Å². The van der Waals surface area contributed by atoms with Crippen molar-refractivity contribution in [2.75, 3.05) is 13.2 Å². The number of fused-ring (bicyclic) bond motifs is 1. The first-order chi connectivity index (χ1) is 11.7. The van der Waals surface area contributed by atoms with Gasteiger partial charge >= 0.3 is 5.97 Å². The van der Waals surface area contributed by atoms with Gasteiger partial charge in [-0.2, -0.15) is 0 Å². The molecular formula is C17H17N3O4. The molecular weight excluding hydrogens is 310 g/mol. The summed E-state index contributed by atoms with van der Waals surface area (Å²) in [7, 11) is 0. The Kier molecular flexibility index (Phi) is 4.41. The van der Waals surface area contributed by atoms with Gasteiger partial charge in [-0.05, 0) is 32.1 Å². The van der Waals surface area contributed by atoms with Gasteiger partial charge in [0.1, 0.15) is 5.65 Å². The van der Waals surface area contributed by atoms with E-state index in [4.69, 9.17) is 9.47 Å². The number of aromatic nitrogens is 2. The van der Waals surface area contributed by atoms with Crippen LogP contribution in [0.4, 0.5) is 0 Å². The molecule has 0 saturated carbocycles. The Morgan fingerprint density at radius 1 is 1.50 bits per heavy atom. The summed E-state index contributed by atoms with van der Waals surface area (Å²) in [4.78, 5) is 36.0. The Morgan fingerprint density at radius 2 is 2.33 bits per heavy atom. The number of pyridine rings is 1. The molecule has 24 heavy (non-hydrogen) atoms. The molecule has 7 nitrogen and oxygen atoms in total. The van der Waals surface area contributed by atoms with Crippen LogP contribution < -0.4 is 0 Å². The molecule has 1 atom stereocenters. The van der Waals surface area contributed by atoms with Crippen LogP contribution in [0.15, 0.2) is 35.3 Å². The van der Waals surface area contributed by atoms with Gasteiger partial charge in [0.15, 0.2) is 11.7 Å². The fourth-order valence-electron chi connectivity index (χ4n) is 2.53. The summed E-state index contributed by atoms with van der Waals surface area (Å²) in [5.74, 6) is -2.05. The molecule has 1 N–H and O–H groups in total. The molecule has 2 aromatic heterocycles. The van der Waals surface area contributed by atoms with Crippen LogP contribution in [0.1, 0.15) is 19.4 Å². The zero-order valence-corrected chi connectivity index (χ0v) is 13.4. The van der Waals surface area contributed by atoms with E-state index in [9.17, 15) is 9.59 Å². The Bertz CT molecular complexity index is 850. The van der Waals surface area contributed by atoms with E-state index in [1.165, 1.54) is 0 Å². The minimum absolute atomic E-state index is 0.0741. The fraction of sp³-hybridized carbons (Fsp3) is 0.294. The third-order valence-corrected chi connectivity index (χ3v) is 3.57. The van der Waals surface area contributed by atoms with Crippen LogP contribution in [0, 0.1) is 5.92 Å². The lowest BCUT2D eigenvalue weighted by molar-refractivity contribution is -0.147. The second kappa shape index (κ2) is 6.66. The van der Waals surface area contributed by atoms with Gasteiger partial charge in [0.2, 0.25) is 11.7 Å². The van der Waals surface area contributed by atoms with E-state index in [1.807, 2.05) is 6.07 Å². The van der Waals surface area contributed by atoms with Crippen LogP contribution in [-0.4, -0.2) is 40.8 Å². The predicted molar refractivity (Wildman–Crippen MR) is 88.3 cm³/mol. The number of carbonyl (C=O) groups excluding carboxylic acids is 2. The first-order valence-electron chi connectivity index (χ1n) is 7.72. The molecule has 3 rings (SSSR count). The van der Waals surface area contributed by atoms with Crippen molar-refractivity contribution in [1.29, 1.82) is 0 Å². The lowest BCUT2D eigenvalue weighted by Crippen LogP contribution is -2.27. The first kappa shape index (κ1) is 15.9. The first-order valence-corrected chi connectivity index (χ1v) is 7.72. The van der Waals surface area contributed by atoms with Gasteiger partial charge in [0, 0.05) is 29.9 Å². The highest BCUT2D eigenvalue weighted by Gasteiger charge is 2.44. The highest BCUT2D eigenvalue weighted by Crippen LogP contribution is 2.27. The van der Waals surface area contributed by atoms with Crippen LogP contribution in [0.25, 0.3) is 17.1 Å². The monoisotopic (exact) mass is 327 g/mol. The number of nitrogens with zero attached hydrogens (tertiary/aromatic N) is 2. The average Bonchev–Trinajstić information content (AvgIpc) is 3.11. The number of rotatable bonds is 4. The summed E-state index contributed by atoms with van der Waals surface area (Å²) in [5.41, 5.74) is 1.46. The second-order valence-electron chi connectivity index (χ2n) is 5.12. The van der Waals surface area contributed by atoms with E-state index in [1.54, 1.807) is 38.4 Å². The summed E-state index contributed by atoms with van der Waals surface area (Å²) in [5, 5.41) is 0.856. The summed E-state index contributed by atoms with van der Waals surface area (Å²) in [6.45, 7) is 4.08. The van der Waals surface area contributed by atoms with Crippen molar-refractivity contribution >= 4 is 34.8 Å². The minimum atomic E-state index is -1.13. The Balaban J connectivity index is 1.98. The van der Waals surface area contributed by atoms with E-state index in [0.717, 1.165) is 10.9 Å². The van der Waals surface area contributed by atoms with Crippen molar-refractivity contribution in [2.24, 2.45) is 10.9 Å². The van der Waals surface area contributed by atoms with Gasteiger partial charge < -0.3 is 14.5 Å². The number of carbonyl (C=O) groups is 2. The topological polar surface area (TPSA) is 93.6 Å². The zero-order chi connectivity index (χ0) is 17.1. The maximum absolute atomic E-state index is 12.6. The predicted octanol–water partition coefficient (Wildman–Crippen LogP) is 2.10. The third-order valence-electron chi connectivity index (χ3n) is 3.57. The van der Waals surface area contributed by atoms with Crippen molar-refractivity contribution in [1.82, 2.24) is 9.97 Å². The molecule has 0 aliphatic carbocycles. The number of hydrogen-bond acceptors (Lipinski definition) is 6. The number of nitrogens with one attached hydrogen (secondary N) is 1. The lowest BCUT2D eigenvalue weighted by atomic mass is 10.0. The number of hydrogen-bond donors (Lipinski definition) is 1. The molecule has 2 aromatic rings. The molecule has 3 heterocycles. The number of ether oxygens (including phenoxy) is 2. The highest BCUT2D eigenvalue weighted by atomic mass is 16.5. The van der Waals surface area contributed by atoms with E-state index >= 15 is 0 Å². The van der Waals surface area contributed by atoms with Crippen LogP contribution in [0.3, 0.4) is 0 Å². The van der Waals surface area contributed by atoms with E-state index in [-0.39, 0.29) is 18.3 Å². The van der Waals surface area contributed by atoms with Crippen LogP contribution in [0.5, 0.6) is 0 Å². The van der Waals surface area contributed by atoms with Crippen molar-refractivity contribution in [3.05, 3.63) is 35.8 Å². The molecule has 0 bridgehead atoms. The summed E-state index contributed by atoms with van der Waals surface area (Å²) in [6, 6.07) is 3.69. The zero-order valence-electron chi connectivity index (χ0n) is 13.4. The summed E-state index contributed by atoms with van der Waals surface area (Å²) < 4.78 is 10.5. The molecule has 1 saturated heterocycles. The average molecular weight is 327 g/mol. The molecule has 1 aliphatic heterocycles. The number of Topliss-reactive ketones (excluding diaryl/α,β-unsaturated/α-hetero) is 1. The molecule has 124 valence electrons. The third kappa shape index (κ3) is 2.80. The SMILES string of the molecule is CCN=C1O/C(=C\c2c[nH]c3ncccc23)C(=O)C1C(=O)OCC. The maximum Gasteiger partial charge on any atom is 0.326 e. The Hall–Kier alpha value is -2.96. The molecule has 7 heteroatoms. The smallest absolute Gasteiger partial charge is 0.326 e. The lowest BCUT2D eigenvalue weighted by Gasteiger charge is -2.05. The molecule has 1 aliphatic rings. The van der Waals surface area contributed by atoms with Crippen LogP contribution in [-0.2, 0) is 19.1 Å². The van der Waals surface area contributed by atoms with Crippen molar-refractivity contribution < 1.29 is 19.1 Å². The standard InChI is InChI=1S/C17H17N3O4/c1-3-18-16-13(17(22)23-4-2)14(21)12(24-16)8-10-9-20-15-11(10)6-5-7-19-15/h5-9,13H,3-4H2,1-2H3,(H,19,20)/b12-8-,18-16?. The number of H-pyrrole nitrogens is 1. The number of esters is 1. The number of aromatic amines is 1. The van der Waals surface area contributed by atoms with Gasteiger partial charge in [-0.25, -0.2) is 4.98 Å². The van der Waals surface area contributed by atoms with Gasteiger partial charge in [-0.3, -0.25) is 14.6 Å². The number of allylic oxidation sites excluding steroid dienone is 1. The van der Waals surface area contributed by atoms with E-state index in [2.05, 4.69) is 15.0 Å². The summed E-state index contributed by atoms with van der Waals surface area (Å²) in [6.07, 6.45) is 5.00. The molecule has 1 unspecified atom stereocenters.